The third-order valence-corrected chi connectivity index (χ3v) is 3.10. The van der Waals surface area contributed by atoms with Crippen LogP contribution in [0.15, 0.2) is 18.2 Å². The summed E-state index contributed by atoms with van der Waals surface area (Å²) in [7, 11) is 0. The van der Waals surface area contributed by atoms with E-state index in [2.05, 4.69) is 10.8 Å². The van der Waals surface area contributed by atoms with E-state index in [1.807, 2.05) is 12.1 Å². The van der Waals surface area contributed by atoms with Crippen LogP contribution in [0, 0.1) is 0 Å². The average Bonchev–Trinajstić information content (AvgIpc) is 2.89. The lowest BCUT2D eigenvalue weighted by atomic mass is 10.1. The number of benzene rings is 1. The number of amides is 2. The van der Waals surface area contributed by atoms with Gasteiger partial charge in [0.05, 0.1) is 13.2 Å². The maximum absolute atomic E-state index is 11.9. The molecule has 0 saturated heterocycles. The zero-order valence-electron chi connectivity index (χ0n) is 11.0. The molecule has 2 N–H and O–H groups in total. The molecule has 1 aliphatic rings. The van der Waals surface area contributed by atoms with Crippen molar-refractivity contribution in [3.05, 3.63) is 34.9 Å². The van der Waals surface area contributed by atoms with E-state index in [0.29, 0.717) is 12.2 Å². The summed E-state index contributed by atoms with van der Waals surface area (Å²) in [5.41, 5.74) is 5.40. The molecule has 0 atom stereocenters. The molecule has 1 aromatic carbocycles. The van der Waals surface area contributed by atoms with Crippen molar-refractivity contribution >= 4 is 11.8 Å². The van der Waals surface area contributed by atoms with E-state index in [-0.39, 0.29) is 18.4 Å². The van der Waals surface area contributed by atoms with Crippen molar-refractivity contribution in [2.45, 2.75) is 26.2 Å². The molecule has 2 rings (SSSR count). The number of hydrogen-bond donors (Lipinski definition) is 2. The van der Waals surface area contributed by atoms with Gasteiger partial charge in [-0.3, -0.25) is 14.4 Å². The lowest BCUT2D eigenvalue weighted by Crippen LogP contribution is -2.36. The first-order valence-electron chi connectivity index (χ1n) is 6.51. The fourth-order valence-electron chi connectivity index (χ4n) is 2.16. The van der Waals surface area contributed by atoms with E-state index in [4.69, 9.17) is 4.84 Å². The van der Waals surface area contributed by atoms with Crippen LogP contribution in [0.1, 0.15) is 34.8 Å². The summed E-state index contributed by atoms with van der Waals surface area (Å²) in [6.45, 7) is 2.07. The van der Waals surface area contributed by atoms with Gasteiger partial charge in [0.2, 0.25) is 0 Å². The first-order chi connectivity index (χ1) is 9.20. The Morgan fingerprint density at radius 2 is 2.05 bits per heavy atom. The molecule has 0 unspecified atom stereocenters. The monoisotopic (exact) mass is 262 g/mol. The third-order valence-electron chi connectivity index (χ3n) is 3.10. The van der Waals surface area contributed by atoms with Crippen LogP contribution in [0.2, 0.25) is 0 Å². The number of rotatable bonds is 5. The summed E-state index contributed by atoms with van der Waals surface area (Å²) < 4.78 is 0. The van der Waals surface area contributed by atoms with Crippen molar-refractivity contribution in [1.29, 1.82) is 0 Å². The van der Waals surface area contributed by atoms with E-state index in [9.17, 15) is 9.59 Å². The molecule has 0 spiro atoms. The molecular formula is C14H18N2O3. The van der Waals surface area contributed by atoms with Gasteiger partial charge in [0.25, 0.3) is 11.8 Å². The van der Waals surface area contributed by atoms with E-state index in [0.717, 1.165) is 19.3 Å². The second-order valence-electron chi connectivity index (χ2n) is 4.48. The Morgan fingerprint density at radius 1 is 1.26 bits per heavy atom. The van der Waals surface area contributed by atoms with Gasteiger partial charge in [0.15, 0.2) is 0 Å². The summed E-state index contributed by atoms with van der Waals surface area (Å²) >= 11 is 0. The largest absolute Gasteiger partial charge is 0.343 e. The SMILES string of the molecule is CCONC(=O)CNC(=O)c1ccc2c(c1)CCC2. The minimum atomic E-state index is -0.364. The molecule has 0 fully saturated rings. The predicted molar refractivity (Wildman–Crippen MR) is 70.6 cm³/mol. The number of fused-ring (bicyclic) bond motifs is 1. The van der Waals surface area contributed by atoms with Gasteiger partial charge in [-0.05, 0) is 49.4 Å². The Kier molecular flexibility index (Phi) is 4.52. The fraction of sp³-hybridized carbons (Fsp3) is 0.429. The summed E-state index contributed by atoms with van der Waals surface area (Å²) in [5.74, 6) is -0.599. The molecule has 0 radical (unpaired) electrons. The van der Waals surface area contributed by atoms with Crippen LogP contribution >= 0.6 is 0 Å². The molecule has 19 heavy (non-hydrogen) atoms. The Bertz CT molecular complexity index is 486. The fourth-order valence-corrected chi connectivity index (χ4v) is 2.16. The lowest BCUT2D eigenvalue weighted by Gasteiger charge is -2.07. The Morgan fingerprint density at radius 3 is 2.84 bits per heavy atom. The van der Waals surface area contributed by atoms with Crippen molar-refractivity contribution in [2.75, 3.05) is 13.2 Å². The molecule has 0 saturated carbocycles. The highest BCUT2D eigenvalue weighted by atomic mass is 16.6. The zero-order valence-corrected chi connectivity index (χ0v) is 11.0. The molecular weight excluding hydrogens is 244 g/mol. The third kappa shape index (κ3) is 3.54. The van der Waals surface area contributed by atoms with Crippen molar-refractivity contribution in [2.24, 2.45) is 0 Å². The van der Waals surface area contributed by atoms with E-state index >= 15 is 0 Å². The highest BCUT2D eigenvalue weighted by molar-refractivity contribution is 5.96. The molecule has 5 nitrogen and oxygen atoms in total. The zero-order chi connectivity index (χ0) is 13.7. The number of carbonyl (C=O) groups is 2. The number of carbonyl (C=O) groups excluding carboxylic acids is 2. The Hall–Kier alpha value is -1.88. The van der Waals surface area contributed by atoms with Gasteiger partial charge in [0.1, 0.15) is 0 Å². The average molecular weight is 262 g/mol. The van der Waals surface area contributed by atoms with Crippen LogP contribution in [0.5, 0.6) is 0 Å². The van der Waals surface area contributed by atoms with Gasteiger partial charge < -0.3 is 5.32 Å². The number of nitrogens with one attached hydrogen (secondary N) is 2. The molecule has 2 amide bonds. The van der Waals surface area contributed by atoms with Crippen molar-refractivity contribution in [3.63, 3.8) is 0 Å². The summed E-state index contributed by atoms with van der Waals surface area (Å²) in [5, 5.41) is 2.57. The van der Waals surface area contributed by atoms with Crippen molar-refractivity contribution in [1.82, 2.24) is 10.8 Å². The quantitative estimate of drug-likeness (QED) is 0.777. The molecule has 102 valence electrons. The maximum Gasteiger partial charge on any atom is 0.262 e. The normalized spacial score (nSPS) is 12.9. The number of hydrogen-bond acceptors (Lipinski definition) is 3. The van der Waals surface area contributed by atoms with Crippen molar-refractivity contribution in [3.8, 4) is 0 Å². The number of aryl methyl sites for hydroxylation is 2. The van der Waals surface area contributed by atoms with Gasteiger partial charge in [-0.25, -0.2) is 5.48 Å². The van der Waals surface area contributed by atoms with Crippen LogP contribution < -0.4 is 10.8 Å². The minimum absolute atomic E-state index is 0.0874. The Balaban J connectivity index is 1.88. The smallest absolute Gasteiger partial charge is 0.262 e. The second kappa shape index (κ2) is 6.33. The summed E-state index contributed by atoms with van der Waals surface area (Å²) in [6.07, 6.45) is 3.27. The van der Waals surface area contributed by atoms with Crippen LogP contribution in [-0.4, -0.2) is 25.0 Å². The summed E-state index contributed by atoms with van der Waals surface area (Å²) in [4.78, 5) is 27.9. The van der Waals surface area contributed by atoms with Gasteiger partial charge in [-0.15, -0.1) is 0 Å². The van der Waals surface area contributed by atoms with Gasteiger partial charge in [-0.2, -0.15) is 0 Å². The first kappa shape index (κ1) is 13.5. The van der Waals surface area contributed by atoms with Gasteiger partial charge in [-0.1, -0.05) is 6.07 Å². The second-order valence-corrected chi connectivity index (χ2v) is 4.48. The predicted octanol–water partition coefficient (Wildman–Crippen LogP) is 0.973. The van der Waals surface area contributed by atoms with Gasteiger partial charge >= 0.3 is 0 Å². The molecule has 1 aromatic rings. The standard InChI is InChI=1S/C14H18N2O3/c1-2-19-16-13(17)9-15-14(18)12-7-6-10-4-3-5-11(10)8-12/h6-8H,2-5,9H2,1H3,(H,15,18)(H,16,17). The van der Waals surface area contributed by atoms with Crippen molar-refractivity contribution < 1.29 is 14.4 Å². The molecule has 0 aliphatic heterocycles. The van der Waals surface area contributed by atoms with E-state index in [1.54, 1.807) is 13.0 Å². The van der Waals surface area contributed by atoms with Crippen LogP contribution in [0.3, 0.4) is 0 Å². The Labute approximate surface area is 112 Å². The molecule has 1 aliphatic carbocycles. The first-order valence-corrected chi connectivity index (χ1v) is 6.51. The highest BCUT2D eigenvalue weighted by Gasteiger charge is 2.14. The van der Waals surface area contributed by atoms with E-state index < -0.39 is 0 Å². The number of hydroxylamine groups is 1. The molecule has 0 bridgehead atoms. The minimum Gasteiger partial charge on any atom is -0.343 e. The topological polar surface area (TPSA) is 67.4 Å². The van der Waals surface area contributed by atoms with Crippen LogP contribution in [-0.2, 0) is 22.5 Å². The van der Waals surface area contributed by atoms with Crippen LogP contribution in [0.4, 0.5) is 0 Å². The molecule has 0 aromatic heterocycles. The molecule has 0 heterocycles. The molecule has 5 heteroatoms. The lowest BCUT2D eigenvalue weighted by molar-refractivity contribution is -0.132. The highest BCUT2D eigenvalue weighted by Crippen LogP contribution is 2.22. The van der Waals surface area contributed by atoms with Crippen LogP contribution in [0.25, 0.3) is 0 Å². The van der Waals surface area contributed by atoms with E-state index in [1.165, 1.54) is 11.1 Å². The summed E-state index contributed by atoms with van der Waals surface area (Å²) in [6, 6.07) is 5.72. The maximum atomic E-state index is 11.9. The van der Waals surface area contributed by atoms with Gasteiger partial charge in [0, 0.05) is 5.56 Å².